The summed E-state index contributed by atoms with van der Waals surface area (Å²) in [5.74, 6) is -2.32. The zero-order valence-electron chi connectivity index (χ0n) is 11.9. The fourth-order valence-electron chi connectivity index (χ4n) is 2.40. The van der Waals surface area contributed by atoms with E-state index in [1.54, 1.807) is 12.1 Å². The fourth-order valence-corrected chi connectivity index (χ4v) is 3.36. The van der Waals surface area contributed by atoms with Gasteiger partial charge in [-0.3, -0.25) is 9.78 Å². The number of halogens is 2. The van der Waals surface area contributed by atoms with Gasteiger partial charge in [-0.1, -0.05) is 29.8 Å². The van der Waals surface area contributed by atoms with Crippen molar-refractivity contribution in [1.29, 1.82) is 0 Å². The Labute approximate surface area is 141 Å². The molecule has 0 aliphatic rings. The lowest BCUT2D eigenvalue weighted by Crippen LogP contribution is -2.24. The average Bonchev–Trinajstić information content (AvgIpc) is 3.05. The maximum Gasteiger partial charge on any atom is 0.231 e. The molecule has 3 aromatic rings. The summed E-state index contributed by atoms with van der Waals surface area (Å²) in [6, 6.07) is 13.3. The van der Waals surface area contributed by atoms with Crippen LogP contribution >= 0.6 is 22.9 Å². The maximum absolute atomic E-state index is 14.2. The topological polar surface area (TPSA) is 56.0 Å². The van der Waals surface area contributed by atoms with Gasteiger partial charge >= 0.3 is 0 Å². The van der Waals surface area contributed by atoms with Crippen LogP contribution in [0.25, 0.3) is 10.6 Å². The Morgan fingerprint density at radius 3 is 2.61 bits per heavy atom. The Bertz CT molecular complexity index is 831. The molecule has 1 aromatic carbocycles. The number of pyridine rings is 1. The Hall–Kier alpha value is -2.24. The van der Waals surface area contributed by atoms with Crippen LogP contribution in [0.2, 0.25) is 5.02 Å². The lowest BCUT2D eigenvalue weighted by atomic mass is 9.93. The van der Waals surface area contributed by atoms with Crippen molar-refractivity contribution in [2.24, 2.45) is 5.73 Å². The van der Waals surface area contributed by atoms with E-state index in [2.05, 4.69) is 4.98 Å². The van der Waals surface area contributed by atoms with Crippen molar-refractivity contribution in [2.75, 3.05) is 0 Å². The molecule has 0 radical (unpaired) electrons. The molecule has 23 heavy (non-hydrogen) atoms. The molecule has 116 valence electrons. The van der Waals surface area contributed by atoms with E-state index < -0.39 is 17.6 Å². The van der Waals surface area contributed by atoms with Crippen molar-refractivity contribution in [2.45, 2.75) is 5.92 Å². The Kier molecular flexibility index (Phi) is 4.41. The number of rotatable bonds is 4. The van der Waals surface area contributed by atoms with Gasteiger partial charge < -0.3 is 5.73 Å². The molecule has 2 N–H and O–H groups in total. The number of benzene rings is 1. The molecule has 3 rings (SSSR count). The lowest BCUT2D eigenvalue weighted by molar-refractivity contribution is -0.118. The maximum atomic E-state index is 14.2. The van der Waals surface area contributed by atoms with Crippen LogP contribution in [0.4, 0.5) is 4.39 Å². The second kappa shape index (κ2) is 6.48. The number of nitrogens with zero attached hydrogens (tertiary/aromatic N) is 1. The molecule has 0 saturated heterocycles. The first-order valence-electron chi connectivity index (χ1n) is 6.82. The number of primary amides is 1. The molecule has 1 atom stereocenters. The Balaban J connectivity index is 2.13. The molecule has 0 saturated carbocycles. The van der Waals surface area contributed by atoms with Crippen molar-refractivity contribution < 1.29 is 9.18 Å². The standard InChI is InChI=1S/C17H12ClFN2OS/c18-10-4-1-5-11(19)15(10)16(17(20)22)13-7-2-6-12(21-13)14-8-3-9-23-14/h1-9,16H,(H2,20,22). The van der Waals surface area contributed by atoms with Crippen LogP contribution < -0.4 is 5.73 Å². The molecule has 0 spiro atoms. The highest BCUT2D eigenvalue weighted by atomic mass is 35.5. The van der Waals surface area contributed by atoms with Gasteiger partial charge in [0.25, 0.3) is 0 Å². The van der Waals surface area contributed by atoms with Gasteiger partial charge in [-0.25, -0.2) is 4.39 Å². The summed E-state index contributed by atoms with van der Waals surface area (Å²) in [6.45, 7) is 0. The van der Waals surface area contributed by atoms with Crippen molar-refractivity contribution in [3.05, 3.63) is 76.0 Å². The molecule has 0 aliphatic carbocycles. The summed E-state index contributed by atoms with van der Waals surface area (Å²) in [5.41, 5.74) is 6.63. The third kappa shape index (κ3) is 3.11. The number of nitrogens with two attached hydrogens (primary N) is 1. The number of hydrogen-bond acceptors (Lipinski definition) is 3. The number of carbonyl (C=O) groups excluding carboxylic acids is 1. The van der Waals surface area contributed by atoms with Crippen LogP contribution in [0.3, 0.4) is 0 Å². The smallest absolute Gasteiger partial charge is 0.231 e. The molecular weight excluding hydrogens is 335 g/mol. The van der Waals surface area contributed by atoms with Crippen LogP contribution in [0.5, 0.6) is 0 Å². The van der Waals surface area contributed by atoms with Crippen LogP contribution in [0.1, 0.15) is 17.2 Å². The third-order valence-electron chi connectivity index (χ3n) is 3.41. The van der Waals surface area contributed by atoms with E-state index >= 15 is 0 Å². The van der Waals surface area contributed by atoms with E-state index in [4.69, 9.17) is 17.3 Å². The largest absolute Gasteiger partial charge is 0.369 e. The summed E-state index contributed by atoms with van der Waals surface area (Å²) in [4.78, 5) is 17.4. The van der Waals surface area contributed by atoms with Crippen LogP contribution in [-0.4, -0.2) is 10.9 Å². The quantitative estimate of drug-likeness (QED) is 0.769. The molecule has 3 nitrogen and oxygen atoms in total. The van der Waals surface area contributed by atoms with Gasteiger partial charge in [-0.2, -0.15) is 0 Å². The first kappa shape index (κ1) is 15.6. The second-order valence-corrected chi connectivity index (χ2v) is 6.25. The van der Waals surface area contributed by atoms with Crippen LogP contribution in [0, 0.1) is 5.82 Å². The van der Waals surface area contributed by atoms with Gasteiger partial charge in [0.2, 0.25) is 5.91 Å². The first-order chi connectivity index (χ1) is 11.1. The number of aromatic nitrogens is 1. The summed E-state index contributed by atoms with van der Waals surface area (Å²) < 4.78 is 14.2. The van der Waals surface area contributed by atoms with E-state index in [9.17, 15) is 9.18 Å². The van der Waals surface area contributed by atoms with Gasteiger partial charge in [-0.15, -0.1) is 11.3 Å². The molecule has 2 heterocycles. The van der Waals surface area contributed by atoms with Crippen molar-refractivity contribution in [3.8, 4) is 10.6 Å². The summed E-state index contributed by atoms with van der Waals surface area (Å²) >= 11 is 7.61. The van der Waals surface area contributed by atoms with Gasteiger partial charge in [-0.05, 0) is 35.7 Å². The minimum atomic E-state index is -1.04. The van der Waals surface area contributed by atoms with E-state index in [1.807, 2.05) is 23.6 Å². The molecule has 2 aromatic heterocycles. The highest BCUT2D eigenvalue weighted by molar-refractivity contribution is 7.13. The monoisotopic (exact) mass is 346 g/mol. The summed E-state index contributed by atoms with van der Waals surface area (Å²) in [5, 5.41) is 2.08. The van der Waals surface area contributed by atoms with Crippen LogP contribution in [0.15, 0.2) is 53.9 Å². The van der Waals surface area contributed by atoms with Crippen molar-refractivity contribution >= 4 is 28.8 Å². The van der Waals surface area contributed by atoms with Gasteiger partial charge in [0.1, 0.15) is 11.7 Å². The molecule has 6 heteroatoms. The Morgan fingerprint density at radius 1 is 1.17 bits per heavy atom. The highest BCUT2D eigenvalue weighted by Crippen LogP contribution is 2.33. The van der Waals surface area contributed by atoms with Crippen molar-refractivity contribution in [1.82, 2.24) is 4.98 Å². The minimum Gasteiger partial charge on any atom is -0.369 e. The SMILES string of the molecule is NC(=O)C(c1cccc(-c2cccs2)n1)c1c(F)cccc1Cl. The molecular formula is C17H12ClFN2OS. The Morgan fingerprint density at radius 2 is 1.96 bits per heavy atom. The molecule has 1 amide bonds. The van der Waals surface area contributed by atoms with E-state index in [0.29, 0.717) is 11.4 Å². The normalized spacial score (nSPS) is 12.1. The lowest BCUT2D eigenvalue weighted by Gasteiger charge is -2.16. The van der Waals surface area contributed by atoms with E-state index in [1.165, 1.54) is 29.5 Å². The van der Waals surface area contributed by atoms with Gasteiger partial charge in [0.15, 0.2) is 0 Å². The second-order valence-electron chi connectivity index (χ2n) is 4.90. The third-order valence-corrected chi connectivity index (χ3v) is 4.63. The number of amides is 1. The predicted molar refractivity (Wildman–Crippen MR) is 90.0 cm³/mol. The zero-order valence-corrected chi connectivity index (χ0v) is 13.4. The fraction of sp³-hybridized carbons (Fsp3) is 0.0588. The van der Waals surface area contributed by atoms with Crippen molar-refractivity contribution in [3.63, 3.8) is 0 Å². The molecule has 0 fully saturated rings. The zero-order chi connectivity index (χ0) is 16.4. The van der Waals surface area contributed by atoms with Gasteiger partial charge in [0.05, 0.1) is 16.3 Å². The first-order valence-corrected chi connectivity index (χ1v) is 8.07. The highest BCUT2D eigenvalue weighted by Gasteiger charge is 2.27. The van der Waals surface area contributed by atoms with Crippen LogP contribution in [-0.2, 0) is 4.79 Å². The van der Waals surface area contributed by atoms with E-state index in [0.717, 1.165) is 4.88 Å². The number of hydrogen-bond donors (Lipinski definition) is 1. The molecule has 1 unspecified atom stereocenters. The number of carbonyl (C=O) groups is 1. The number of thiophene rings is 1. The molecule has 0 bridgehead atoms. The average molecular weight is 347 g/mol. The van der Waals surface area contributed by atoms with Gasteiger partial charge in [0, 0.05) is 10.6 Å². The van der Waals surface area contributed by atoms with E-state index in [-0.39, 0.29) is 10.6 Å². The summed E-state index contributed by atoms with van der Waals surface area (Å²) in [6.07, 6.45) is 0. The summed E-state index contributed by atoms with van der Waals surface area (Å²) in [7, 11) is 0. The minimum absolute atomic E-state index is 0.0532. The predicted octanol–water partition coefficient (Wildman–Crippen LogP) is 4.22. The molecule has 0 aliphatic heterocycles.